The third kappa shape index (κ3) is 11.6. The summed E-state index contributed by atoms with van der Waals surface area (Å²) in [5.74, 6) is 1.28. The minimum Gasteiger partial charge on any atom is -0.380 e. The minimum absolute atomic E-state index is 0.211. The van der Waals surface area contributed by atoms with Crippen molar-refractivity contribution in [2.24, 2.45) is 23.3 Å². The van der Waals surface area contributed by atoms with Crippen molar-refractivity contribution in [3.05, 3.63) is 118 Å². The Kier molecular flexibility index (Phi) is 13.2. The summed E-state index contributed by atoms with van der Waals surface area (Å²) < 4.78 is 17.3. The number of hydrogen-bond donors (Lipinski definition) is 4. The van der Waals surface area contributed by atoms with Crippen LogP contribution >= 0.6 is 23.4 Å². The summed E-state index contributed by atoms with van der Waals surface area (Å²) in [5, 5.41) is 17.0. The highest BCUT2D eigenvalue weighted by Crippen LogP contribution is 2.37. The summed E-state index contributed by atoms with van der Waals surface area (Å²) >= 11 is 7.64. The lowest BCUT2D eigenvalue weighted by molar-refractivity contribution is 0.0967. The number of nitrogens with one attached hydrogen (secondary N) is 2. The van der Waals surface area contributed by atoms with Gasteiger partial charge in [0.2, 0.25) is 0 Å². The number of ketones is 2. The Labute approximate surface area is 388 Å². The Morgan fingerprint density at radius 2 is 1.22 bits per heavy atom. The van der Waals surface area contributed by atoms with Gasteiger partial charge in [0.15, 0.2) is 28.0 Å². The first-order valence-electron chi connectivity index (χ1n) is 22.1. The average Bonchev–Trinajstić information content (AvgIpc) is 4.15. The fraction of sp³-hybridized carbons (Fsp3) is 0.360. The molecule has 0 bridgehead atoms. The molecule has 12 nitrogen and oxygen atoms in total. The molecule has 0 aliphatic heterocycles. The summed E-state index contributed by atoms with van der Waals surface area (Å²) in [6.45, 7) is 12.9. The van der Waals surface area contributed by atoms with Crippen molar-refractivity contribution >= 4 is 57.6 Å². The standard InChI is InChI=1S/C28H30FN5OS.C22H26ClN5O/c1-17-11-19(9-10-22(17)25(35)12-18-7-8-18)24-15-31-27-23(32-16-28(2,3)30)14-26(33-34(24)27)36-21-6-4-5-20(29)13-21;1-13-8-15(6-7-16(13)19(29)9-14-4-5-14)18-11-25-21-17(26-12-22(2,3)24)10-20(23)27-28(18)21/h4-6,9-11,13-15,18,32H,7-8,12,16,30H2,1-3H3;6-8,10-11,14,26H,4-5,9,12,24H2,1-3H3. The fourth-order valence-corrected chi connectivity index (χ4v) is 8.59. The lowest BCUT2D eigenvalue weighted by atomic mass is 9.98. The van der Waals surface area contributed by atoms with Crippen LogP contribution in [0.25, 0.3) is 33.8 Å². The van der Waals surface area contributed by atoms with Gasteiger partial charge in [-0.25, -0.2) is 23.4 Å². The molecule has 0 amide bonds. The van der Waals surface area contributed by atoms with Gasteiger partial charge in [-0.2, -0.15) is 10.2 Å². The number of hydrogen-bond acceptors (Lipinski definition) is 11. The zero-order valence-electron chi connectivity index (χ0n) is 37.7. The Morgan fingerprint density at radius 1 is 0.723 bits per heavy atom. The number of carbonyl (C=O) groups excluding carboxylic acids is 2. The molecule has 2 saturated carbocycles. The molecule has 2 fully saturated rings. The van der Waals surface area contributed by atoms with Gasteiger partial charge in [0.25, 0.3) is 0 Å². The van der Waals surface area contributed by atoms with E-state index in [4.69, 9.17) is 28.2 Å². The maximum Gasteiger partial charge on any atom is 0.177 e. The zero-order valence-corrected chi connectivity index (χ0v) is 39.3. The lowest BCUT2D eigenvalue weighted by Gasteiger charge is -2.20. The normalized spacial score (nSPS) is 14.1. The topological polar surface area (TPSA) is 171 Å². The first-order chi connectivity index (χ1) is 30.9. The van der Waals surface area contributed by atoms with E-state index in [0.717, 1.165) is 73.9 Å². The van der Waals surface area contributed by atoms with Crippen LogP contribution in [0, 0.1) is 31.5 Å². The summed E-state index contributed by atoms with van der Waals surface area (Å²) in [5.41, 5.74) is 21.4. The van der Waals surface area contributed by atoms with Gasteiger partial charge in [-0.05, 0) is 127 Å². The monoisotopic (exact) mass is 914 g/mol. The molecule has 4 heterocycles. The zero-order chi connectivity index (χ0) is 46.2. The number of imidazole rings is 2. The lowest BCUT2D eigenvalue weighted by Crippen LogP contribution is -2.39. The number of benzene rings is 3. The van der Waals surface area contributed by atoms with Crippen LogP contribution in [-0.4, -0.2) is 64.9 Å². The molecule has 9 rings (SSSR count). The van der Waals surface area contributed by atoms with E-state index in [1.807, 2.05) is 90.1 Å². The molecule has 6 N–H and O–H groups in total. The molecule has 3 aromatic carbocycles. The summed E-state index contributed by atoms with van der Waals surface area (Å²) in [7, 11) is 0. The molecule has 2 aliphatic carbocycles. The van der Waals surface area contributed by atoms with Gasteiger partial charge in [0.05, 0.1) is 35.2 Å². The van der Waals surface area contributed by atoms with Crippen LogP contribution in [0.4, 0.5) is 15.8 Å². The number of anilines is 2. The number of fused-ring (bicyclic) bond motifs is 2. The van der Waals surface area contributed by atoms with Crippen LogP contribution in [0.15, 0.2) is 95.1 Å². The Bertz CT molecular complexity index is 2910. The predicted molar refractivity (Wildman–Crippen MR) is 259 cm³/mol. The predicted octanol–water partition coefficient (Wildman–Crippen LogP) is 10.6. The van der Waals surface area contributed by atoms with Gasteiger partial charge in [-0.1, -0.05) is 53.7 Å². The van der Waals surface area contributed by atoms with E-state index >= 15 is 0 Å². The first-order valence-corrected chi connectivity index (χ1v) is 23.3. The number of rotatable bonds is 16. The van der Waals surface area contributed by atoms with Crippen molar-refractivity contribution in [1.29, 1.82) is 0 Å². The first kappa shape index (κ1) is 45.9. The minimum atomic E-state index is -0.425. The van der Waals surface area contributed by atoms with E-state index in [2.05, 4.69) is 25.7 Å². The Hall–Kier alpha value is -5.67. The maximum atomic E-state index is 13.8. The second kappa shape index (κ2) is 18.7. The third-order valence-electron chi connectivity index (χ3n) is 11.4. The van der Waals surface area contributed by atoms with Gasteiger partial charge >= 0.3 is 0 Å². The van der Waals surface area contributed by atoms with E-state index in [0.29, 0.717) is 59.2 Å². The van der Waals surface area contributed by atoms with Crippen LogP contribution in [0.2, 0.25) is 5.15 Å². The van der Waals surface area contributed by atoms with Gasteiger partial charge in [-0.15, -0.1) is 0 Å². The molecule has 7 aromatic rings. The molecule has 0 unspecified atom stereocenters. The Balaban J connectivity index is 0.000000181. The highest BCUT2D eigenvalue weighted by molar-refractivity contribution is 7.99. The van der Waals surface area contributed by atoms with Crippen LogP contribution in [0.5, 0.6) is 0 Å². The van der Waals surface area contributed by atoms with Crippen LogP contribution < -0.4 is 22.1 Å². The smallest absolute Gasteiger partial charge is 0.177 e. The molecule has 65 heavy (non-hydrogen) atoms. The number of aromatic nitrogens is 6. The van der Waals surface area contributed by atoms with Gasteiger partial charge in [0.1, 0.15) is 10.8 Å². The number of halogens is 2. The van der Waals surface area contributed by atoms with E-state index < -0.39 is 5.54 Å². The Morgan fingerprint density at radius 3 is 1.68 bits per heavy atom. The van der Waals surface area contributed by atoms with Crippen molar-refractivity contribution in [2.45, 2.75) is 101 Å². The van der Waals surface area contributed by atoms with E-state index in [1.54, 1.807) is 33.6 Å². The summed E-state index contributed by atoms with van der Waals surface area (Å²) in [4.78, 5) is 35.1. The van der Waals surface area contributed by atoms with Crippen LogP contribution in [-0.2, 0) is 0 Å². The second-order valence-electron chi connectivity index (χ2n) is 19.0. The van der Waals surface area contributed by atoms with Crippen molar-refractivity contribution in [1.82, 2.24) is 29.2 Å². The van der Waals surface area contributed by atoms with Crippen molar-refractivity contribution in [2.75, 3.05) is 23.7 Å². The maximum absolute atomic E-state index is 13.8. The quantitative estimate of drug-likeness (QED) is 0.0680. The van der Waals surface area contributed by atoms with E-state index in [1.165, 1.54) is 36.7 Å². The fourth-order valence-electron chi connectivity index (χ4n) is 7.55. The highest BCUT2D eigenvalue weighted by Gasteiger charge is 2.27. The highest BCUT2D eigenvalue weighted by atomic mass is 35.5. The molecule has 15 heteroatoms. The third-order valence-corrected chi connectivity index (χ3v) is 12.4. The van der Waals surface area contributed by atoms with Gasteiger partial charge in [-0.3, -0.25) is 9.59 Å². The van der Waals surface area contributed by atoms with Gasteiger partial charge < -0.3 is 22.1 Å². The second-order valence-corrected chi connectivity index (χ2v) is 20.5. The number of nitrogens with zero attached hydrogens (tertiary/aromatic N) is 6. The van der Waals surface area contributed by atoms with Crippen molar-refractivity contribution < 1.29 is 14.0 Å². The largest absolute Gasteiger partial charge is 0.380 e. The van der Waals surface area contributed by atoms with Crippen molar-refractivity contribution in [3.8, 4) is 22.5 Å². The molecule has 0 spiro atoms. The van der Waals surface area contributed by atoms with E-state index in [9.17, 15) is 14.0 Å². The number of aryl methyl sites for hydroxylation is 2. The number of Topliss-reactive ketones (excluding diaryl/α,β-unsaturated/α-hetero) is 2. The summed E-state index contributed by atoms with van der Waals surface area (Å²) in [6.07, 6.45) is 9.51. The molecule has 0 atom stereocenters. The van der Waals surface area contributed by atoms with E-state index in [-0.39, 0.29) is 22.9 Å². The molecule has 2 aliphatic rings. The molecule has 0 radical (unpaired) electrons. The molecule has 4 aromatic heterocycles. The van der Waals surface area contributed by atoms with Gasteiger partial charge in [0, 0.05) is 70.2 Å². The number of nitrogens with two attached hydrogens (primary N) is 2. The van der Waals surface area contributed by atoms with Crippen LogP contribution in [0.1, 0.15) is 98.1 Å². The molecular weight excluding hydrogens is 859 g/mol. The SMILES string of the molecule is Cc1cc(-c2cnc3c(NCC(C)(C)N)cc(Cl)nn23)ccc1C(=O)CC1CC1.Cc1cc(-c2cnc3c(NCC(C)(C)N)cc(Sc4cccc(F)c4)nn23)ccc1C(=O)CC1CC1. The molecule has 0 saturated heterocycles. The number of carbonyl (C=O) groups is 2. The van der Waals surface area contributed by atoms with Crippen LogP contribution in [0.3, 0.4) is 0 Å². The molecule has 338 valence electrons. The molecular formula is C50H56ClFN10O2S. The van der Waals surface area contributed by atoms with Crippen molar-refractivity contribution in [3.63, 3.8) is 0 Å². The average molecular weight is 916 g/mol. The summed E-state index contributed by atoms with van der Waals surface area (Å²) in [6, 6.07) is 21.9.